The second kappa shape index (κ2) is 18.9. The zero-order chi connectivity index (χ0) is 50.6. The number of hydrogen-bond donors (Lipinski definition) is 1. The molecule has 73 heavy (non-hydrogen) atoms. The molecule has 8 aromatic carbocycles. The van der Waals surface area contributed by atoms with Crippen molar-refractivity contribution in [3.63, 3.8) is 0 Å². The fourth-order valence-corrected chi connectivity index (χ4v) is 11.9. The number of amides is 1. The maximum atomic E-state index is 14.6. The quantitative estimate of drug-likeness (QED) is 0.104. The van der Waals surface area contributed by atoms with Crippen molar-refractivity contribution in [3.8, 4) is 39.1 Å². The van der Waals surface area contributed by atoms with Crippen LogP contribution in [0.2, 0.25) is 0 Å². The van der Waals surface area contributed by atoms with Crippen molar-refractivity contribution in [2.75, 3.05) is 5.32 Å². The van der Waals surface area contributed by atoms with Crippen molar-refractivity contribution in [1.29, 1.82) is 0 Å². The minimum absolute atomic E-state index is 0.217. The first-order valence-corrected chi connectivity index (χ1v) is 25.6. The summed E-state index contributed by atoms with van der Waals surface area (Å²) in [6.45, 7) is 6.48. The standard InChI is InChI=1S/C65H56F5NO2/c1-4-5-6-7-40-8-10-41(11-9-40)42-12-14-43(15-13-42)44-16-18-46(19-17-44)62(72)71-53-32-20-45(21-33-53)47-22-35-58-57(38-47)59-54-34-27-50(65(68,69)70)39-56(54)61-55(60(59)63(58,2)3)36-37-64(73-61,48-23-28-51(66)29-24-48)49-25-30-52(67)31-26-49/h12-41H,4-11H2,1-3H3,(H,71,72). The molecule has 8 heteroatoms. The fourth-order valence-electron chi connectivity index (χ4n) is 11.9. The van der Waals surface area contributed by atoms with Gasteiger partial charge < -0.3 is 10.1 Å². The number of benzene rings is 8. The summed E-state index contributed by atoms with van der Waals surface area (Å²) >= 11 is 0. The smallest absolute Gasteiger partial charge is 0.416 e. The molecule has 0 aromatic heterocycles. The monoisotopic (exact) mass is 977 g/mol. The van der Waals surface area contributed by atoms with Crippen LogP contribution in [0.25, 0.3) is 50.2 Å². The van der Waals surface area contributed by atoms with E-state index in [9.17, 15) is 26.7 Å². The normalized spacial score (nSPS) is 17.4. The van der Waals surface area contributed by atoms with Crippen LogP contribution < -0.4 is 10.1 Å². The summed E-state index contributed by atoms with van der Waals surface area (Å²) in [5.41, 5.74) is 8.98. The van der Waals surface area contributed by atoms with Gasteiger partial charge in [-0.25, -0.2) is 8.78 Å². The van der Waals surface area contributed by atoms with E-state index in [2.05, 4.69) is 62.5 Å². The molecule has 1 heterocycles. The Labute approximate surface area is 423 Å². The van der Waals surface area contributed by atoms with E-state index in [4.69, 9.17) is 4.74 Å². The topological polar surface area (TPSA) is 38.3 Å². The summed E-state index contributed by atoms with van der Waals surface area (Å²) in [5, 5.41) is 3.89. The molecule has 0 bridgehead atoms. The second-order valence-electron chi connectivity index (χ2n) is 20.8. The molecule has 2 aliphatic carbocycles. The Morgan fingerprint density at radius 3 is 1.86 bits per heavy atom. The van der Waals surface area contributed by atoms with Crippen molar-refractivity contribution >= 4 is 28.4 Å². The van der Waals surface area contributed by atoms with Gasteiger partial charge in [-0.1, -0.05) is 144 Å². The molecule has 1 fully saturated rings. The number of rotatable bonds is 11. The molecule has 368 valence electrons. The van der Waals surface area contributed by atoms with Crippen molar-refractivity contribution in [1.82, 2.24) is 0 Å². The summed E-state index contributed by atoms with van der Waals surface area (Å²) in [5.74, 6) is 0.617. The Bertz CT molecular complexity index is 3340. The molecular weight excluding hydrogens is 922 g/mol. The maximum absolute atomic E-state index is 14.6. The van der Waals surface area contributed by atoms with Gasteiger partial charge in [0.05, 0.1) is 5.56 Å². The average Bonchev–Trinajstić information content (AvgIpc) is 3.64. The van der Waals surface area contributed by atoms with E-state index in [-0.39, 0.29) is 17.0 Å². The van der Waals surface area contributed by atoms with Gasteiger partial charge in [0.15, 0.2) is 5.60 Å². The zero-order valence-corrected chi connectivity index (χ0v) is 41.2. The molecule has 0 unspecified atom stereocenters. The van der Waals surface area contributed by atoms with Crippen molar-refractivity contribution in [2.24, 2.45) is 5.92 Å². The van der Waals surface area contributed by atoms with Gasteiger partial charge in [0, 0.05) is 38.7 Å². The number of carbonyl (C=O) groups excluding carboxylic acids is 1. The number of halogens is 5. The third-order valence-electron chi connectivity index (χ3n) is 15.9. The summed E-state index contributed by atoms with van der Waals surface area (Å²) in [6, 6.07) is 45.8. The van der Waals surface area contributed by atoms with E-state index in [1.54, 1.807) is 24.3 Å². The Morgan fingerprint density at radius 2 is 1.25 bits per heavy atom. The van der Waals surface area contributed by atoms with Crippen LogP contribution in [-0.4, -0.2) is 5.91 Å². The largest absolute Gasteiger partial charge is 0.472 e. The van der Waals surface area contributed by atoms with Gasteiger partial charge in [0.1, 0.15) is 17.4 Å². The van der Waals surface area contributed by atoms with Crippen LogP contribution in [0.4, 0.5) is 27.6 Å². The van der Waals surface area contributed by atoms with Gasteiger partial charge in [-0.2, -0.15) is 13.2 Å². The highest BCUT2D eigenvalue weighted by atomic mass is 19.4. The molecular formula is C65H56F5NO2. The molecule has 1 saturated carbocycles. The van der Waals surface area contributed by atoms with E-state index in [0.29, 0.717) is 39.2 Å². The summed E-state index contributed by atoms with van der Waals surface area (Å²) in [6.07, 6.45) is 9.64. The highest BCUT2D eigenvalue weighted by Gasteiger charge is 2.45. The minimum Gasteiger partial charge on any atom is -0.472 e. The van der Waals surface area contributed by atoms with E-state index < -0.39 is 34.4 Å². The molecule has 3 aliphatic rings. The molecule has 1 amide bonds. The van der Waals surface area contributed by atoms with Crippen LogP contribution in [0.1, 0.15) is 127 Å². The first-order valence-electron chi connectivity index (χ1n) is 25.6. The van der Waals surface area contributed by atoms with Crippen LogP contribution in [-0.2, 0) is 17.2 Å². The fraction of sp³-hybridized carbons (Fsp3) is 0.246. The molecule has 3 nitrogen and oxygen atoms in total. The van der Waals surface area contributed by atoms with E-state index in [1.165, 1.54) is 87.3 Å². The number of carbonyl (C=O) groups is 1. The second-order valence-corrected chi connectivity index (χ2v) is 20.8. The summed E-state index contributed by atoms with van der Waals surface area (Å²) in [7, 11) is 0. The summed E-state index contributed by atoms with van der Waals surface area (Å²) < 4.78 is 79.5. The van der Waals surface area contributed by atoms with Crippen LogP contribution >= 0.6 is 0 Å². The van der Waals surface area contributed by atoms with Crippen LogP contribution in [0.5, 0.6) is 5.75 Å². The van der Waals surface area contributed by atoms with Gasteiger partial charge in [0.2, 0.25) is 0 Å². The Hall–Kier alpha value is -7.32. The molecule has 0 saturated heterocycles. The van der Waals surface area contributed by atoms with Gasteiger partial charge >= 0.3 is 6.18 Å². The predicted octanol–water partition coefficient (Wildman–Crippen LogP) is 18.2. The van der Waals surface area contributed by atoms with Crippen molar-refractivity contribution in [2.45, 2.75) is 95.2 Å². The van der Waals surface area contributed by atoms with Crippen molar-refractivity contribution in [3.05, 3.63) is 220 Å². The third-order valence-corrected chi connectivity index (χ3v) is 15.9. The van der Waals surface area contributed by atoms with E-state index in [1.807, 2.05) is 66.7 Å². The molecule has 0 atom stereocenters. The first kappa shape index (κ1) is 48.0. The minimum atomic E-state index is -4.64. The molecule has 0 radical (unpaired) electrons. The van der Waals surface area contributed by atoms with Gasteiger partial charge in [-0.3, -0.25) is 4.79 Å². The van der Waals surface area contributed by atoms with Gasteiger partial charge in [0.25, 0.3) is 5.91 Å². The lowest BCUT2D eigenvalue weighted by atomic mass is 9.76. The predicted molar refractivity (Wildman–Crippen MR) is 284 cm³/mol. The van der Waals surface area contributed by atoms with Crippen LogP contribution in [0.15, 0.2) is 164 Å². The Balaban J connectivity index is 0.858. The van der Waals surface area contributed by atoms with E-state index in [0.717, 1.165) is 62.6 Å². The van der Waals surface area contributed by atoms with Gasteiger partial charge in [-0.05, 0) is 166 Å². The first-order chi connectivity index (χ1) is 35.2. The van der Waals surface area contributed by atoms with Crippen LogP contribution in [0, 0.1) is 17.6 Å². The number of alkyl halides is 3. The lowest BCUT2D eigenvalue weighted by Crippen LogP contribution is -2.35. The number of fused-ring (bicyclic) bond motifs is 8. The third kappa shape index (κ3) is 8.93. The van der Waals surface area contributed by atoms with Crippen molar-refractivity contribution < 1.29 is 31.5 Å². The lowest BCUT2D eigenvalue weighted by molar-refractivity contribution is -0.137. The highest BCUT2D eigenvalue weighted by Crippen LogP contribution is 2.59. The number of anilines is 1. The zero-order valence-electron chi connectivity index (χ0n) is 41.2. The molecule has 1 N–H and O–H groups in total. The SMILES string of the molecule is CCCCCC1CCC(c2ccc(-c3ccc(C(=O)Nc4ccc(-c5ccc6c(c5)-c5c(c7c(c8cc(C(F)(F)F)ccc58)OC(c5ccc(F)cc5)(c5ccc(F)cc5)C=C7)C6(C)C)cc4)cc3)cc2)CC1. The number of ether oxygens (including phenoxy) is 1. The summed E-state index contributed by atoms with van der Waals surface area (Å²) in [4.78, 5) is 13.5. The Morgan fingerprint density at radius 1 is 0.658 bits per heavy atom. The number of hydrogen-bond acceptors (Lipinski definition) is 2. The molecule has 8 aromatic rings. The molecule has 11 rings (SSSR count). The number of nitrogens with one attached hydrogen (secondary N) is 1. The maximum Gasteiger partial charge on any atom is 0.416 e. The van der Waals surface area contributed by atoms with Gasteiger partial charge in [-0.15, -0.1) is 0 Å². The molecule has 0 spiro atoms. The average molecular weight is 978 g/mol. The number of unbranched alkanes of at least 4 members (excludes halogenated alkanes) is 2. The van der Waals surface area contributed by atoms with E-state index >= 15 is 0 Å². The molecule has 1 aliphatic heterocycles. The van der Waals surface area contributed by atoms with Crippen LogP contribution in [0.3, 0.4) is 0 Å². The lowest BCUT2D eigenvalue weighted by Gasteiger charge is -2.38. The highest BCUT2D eigenvalue weighted by molar-refractivity contribution is 6.09. The Kier molecular flexibility index (Phi) is 12.4.